The Bertz CT molecular complexity index is 1280. The number of ketones is 1. The van der Waals surface area contributed by atoms with Gasteiger partial charge in [0.15, 0.2) is 5.78 Å². The lowest BCUT2D eigenvalue weighted by Gasteiger charge is -2.22. The van der Waals surface area contributed by atoms with Crippen LogP contribution in [0.15, 0.2) is 92.8 Å². The molecular formula is C29H22F2O3. The molecule has 170 valence electrons. The van der Waals surface area contributed by atoms with Gasteiger partial charge < -0.3 is 8.83 Å². The molecule has 5 heteroatoms. The minimum absolute atomic E-state index is 0.0300. The molecule has 2 aromatic heterocycles. The molecule has 1 fully saturated rings. The molecule has 0 bridgehead atoms. The zero-order valence-corrected chi connectivity index (χ0v) is 18.6. The van der Waals surface area contributed by atoms with E-state index in [4.69, 9.17) is 8.83 Å². The average Bonchev–Trinajstić information content (AvgIpc) is 3.48. The van der Waals surface area contributed by atoms with Gasteiger partial charge in [-0.1, -0.05) is 6.92 Å². The number of halogens is 2. The summed E-state index contributed by atoms with van der Waals surface area (Å²) in [5, 5.41) is 0. The number of furan rings is 2. The number of rotatable bonds is 4. The Morgan fingerprint density at radius 1 is 0.676 bits per heavy atom. The summed E-state index contributed by atoms with van der Waals surface area (Å²) in [7, 11) is 0. The summed E-state index contributed by atoms with van der Waals surface area (Å²) in [5.74, 6) is 2.03. The fourth-order valence-electron chi connectivity index (χ4n) is 4.21. The molecule has 0 amide bonds. The van der Waals surface area contributed by atoms with Crippen molar-refractivity contribution in [2.45, 2.75) is 19.8 Å². The van der Waals surface area contributed by atoms with Crippen LogP contribution < -0.4 is 0 Å². The smallest absolute Gasteiger partial charge is 0.185 e. The Morgan fingerprint density at radius 3 is 1.50 bits per heavy atom. The van der Waals surface area contributed by atoms with Crippen molar-refractivity contribution >= 4 is 17.9 Å². The minimum Gasteiger partial charge on any atom is -0.457 e. The predicted molar refractivity (Wildman–Crippen MR) is 128 cm³/mol. The van der Waals surface area contributed by atoms with Crippen LogP contribution in [0.3, 0.4) is 0 Å². The molecular weight excluding hydrogens is 434 g/mol. The largest absolute Gasteiger partial charge is 0.457 e. The summed E-state index contributed by atoms with van der Waals surface area (Å²) in [6.45, 7) is 2.10. The molecule has 0 N–H and O–H groups in total. The van der Waals surface area contributed by atoms with Crippen molar-refractivity contribution in [1.29, 1.82) is 0 Å². The van der Waals surface area contributed by atoms with Crippen LogP contribution in [-0.4, -0.2) is 5.78 Å². The van der Waals surface area contributed by atoms with Gasteiger partial charge in [-0.2, -0.15) is 0 Å². The van der Waals surface area contributed by atoms with Gasteiger partial charge in [-0.3, -0.25) is 4.79 Å². The van der Waals surface area contributed by atoms with E-state index in [9.17, 15) is 13.6 Å². The summed E-state index contributed by atoms with van der Waals surface area (Å²) < 4.78 is 38.2. The SMILES string of the molecule is CC1C/C(=C\c2ccc(-c3ccc(F)cc3)o2)C(=O)/C(=C/c2ccc(-c3ccc(F)cc3)o2)C1. The third-order valence-corrected chi connectivity index (χ3v) is 5.86. The summed E-state index contributed by atoms with van der Waals surface area (Å²) >= 11 is 0. The quantitative estimate of drug-likeness (QED) is 0.293. The second-order valence-electron chi connectivity index (χ2n) is 8.60. The molecule has 34 heavy (non-hydrogen) atoms. The number of carbonyl (C=O) groups is 1. The van der Waals surface area contributed by atoms with Crippen LogP contribution in [0.2, 0.25) is 0 Å². The Morgan fingerprint density at radius 2 is 1.09 bits per heavy atom. The fraction of sp³-hybridized carbons (Fsp3) is 0.138. The first-order valence-electron chi connectivity index (χ1n) is 11.1. The van der Waals surface area contributed by atoms with Gasteiger partial charge in [0.2, 0.25) is 0 Å². The standard InChI is InChI=1S/C29H22F2O3/c1-18-14-21(16-25-10-12-27(33-25)19-2-6-23(30)7-3-19)29(32)22(15-18)17-26-11-13-28(34-26)20-4-8-24(31)9-5-20/h2-13,16-18H,14-15H2,1H3/b21-16+,22-17+. The topological polar surface area (TPSA) is 43.4 Å². The molecule has 1 aliphatic rings. The number of Topliss-reactive ketones (excluding diaryl/α,β-unsaturated/α-hetero) is 1. The van der Waals surface area contributed by atoms with Crippen molar-refractivity contribution in [1.82, 2.24) is 0 Å². The highest BCUT2D eigenvalue weighted by molar-refractivity contribution is 6.13. The molecule has 0 spiro atoms. The first-order chi connectivity index (χ1) is 16.4. The third-order valence-electron chi connectivity index (χ3n) is 5.86. The second kappa shape index (κ2) is 9.10. The van der Waals surface area contributed by atoms with E-state index < -0.39 is 0 Å². The van der Waals surface area contributed by atoms with Gasteiger partial charge in [0.25, 0.3) is 0 Å². The van der Waals surface area contributed by atoms with Crippen molar-refractivity contribution in [2.24, 2.45) is 5.92 Å². The number of carbonyl (C=O) groups excluding carboxylic acids is 1. The molecule has 2 aromatic carbocycles. The Labute approximate surface area is 196 Å². The number of hydrogen-bond donors (Lipinski definition) is 0. The number of hydrogen-bond acceptors (Lipinski definition) is 3. The van der Waals surface area contributed by atoms with Crippen molar-refractivity contribution in [3.63, 3.8) is 0 Å². The van der Waals surface area contributed by atoms with E-state index in [-0.39, 0.29) is 23.3 Å². The average molecular weight is 456 g/mol. The Kier molecular flexibility index (Phi) is 5.84. The van der Waals surface area contributed by atoms with Crippen molar-refractivity contribution in [3.05, 3.63) is 107 Å². The van der Waals surface area contributed by atoms with Gasteiger partial charge in [-0.15, -0.1) is 0 Å². The van der Waals surface area contributed by atoms with E-state index >= 15 is 0 Å². The van der Waals surface area contributed by atoms with E-state index in [1.807, 2.05) is 24.3 Å². The third kappa shape index (κ3) is 4.69. The van der Waals surface area contributed by atoms with Crippen molar-refractivity contribution in [2.75, 3.05) is 0 Å². The normalized spacial score (nSPS) is 18.7. The van der Waals surface area contributed by atoms with E-state index in [0.29, 0.717) is 47.0 Å². The lowest BCUT2D eigenvalue weighted by molar-refractivity contribution is -0.113. The van der Waals surface area contributed by atoms with Crippen LogP contribution in [-0.2, 0) is 4.79 Å². The lowest BCUT2D eigenvalue weighted by atomic mass is 9.81. The maximum absolute atomic E-state index is 13.2. The Hall–Kier alpha value is -3.99. The zero-order valence-electron chi connectivity index (χ0n) is 18.6. The molecule has 0 saturated heterocycles. The minimum atomic E-state index is -0.305. The van der Waals surface area contributed by atoms with E-state index in [2.05, 4.69) is 6.92 Å². The van der Waals surface area contributed by atoms with Crippen molar-refractivity contribution in [3.8, 4) is 22.6 Å². The first kappa shape index (κ1) is 21.8. The maximum Gasteiger partial charge on any atom is 0.185 e. The highest BCUT2D eigenvalue weighted by atomic mass is 19.1. The molecule has 0 aliphatic heterocycles. The lowest BCUT2D eigenvalue weighted by Crippen LogP contribution is -2.18. The van der Waals surface area contributed by atoms with Gasteiger partial charge >= 0.3 is 0 Å². The van der Waals surface area contributed by atoms with Crippen molar-refractivity contribution < 1.29 is 22.4 Å². The second-order valence-corrected chi connectivity index (χ2v) is 8.60. The molecule has 0 atom stereocenters. The van der Waals surface area contributed by atoms with Gasteiger partial charge in [0.05, 0.1) is 0 Å². The van der Waals surface area contributed by atoms with Crippen LogP contribution in [0.1, 0.15) is 31.3 Å². The summed E-state index contributed by atoms with van der Waals surface area (Å²) in [6, 6.07) is 19.4. The highest BCUT2D eigenvalue weighted by Crippen LogP contribution is 2.34. The van der Waals surface area contributed by atoms with Gasteiger partial charge in [-0.25, -0.2) is 8.78 Å². The first-order valence-corrected chi connectivity index (χ1v) is 11.1. The summed E-state index contributed by atoms with van der Waals surface area (Å²) in [6.07, 6.45) is 4.87. The molecule has 0 unspecified atom stereocenters. The van der Waals surface area contributed by atoms with Crippen LogP contribution in [0.5, 0.6) is 0 Å². The summed E-state index contributed by atoms with van der Waals surface area (Å²) in [5.41, 5.74) is 2.89. The number of benzene rings is 2. The molecule has 4 aromatic rings. The van der Waals surface area contributed by atoms with E-state index in [0.717, 1.165) is 11.1 Å². The molecule has 5 rings (SSSR count). The maximum atomic E-state index is 13.2. The highest BCUT2D eigenvalue weighted by Gasteiger charge is 2.26. The van der Waals surface area contributed by atoms with Crippen LogP contribution in [0.4, 0.5) is 8.78 Å². The van der Waals surface area contributed by atoms with Crippen LogP contribution >= 0.6 is 0 Å². The summed E-state index contributed by atoms with van der Waals surface area (Å²) in [4.78, 5) is 13.2. The molecule has 3 nitrogen and oxygen atoms in total. The van der Waals surface area contributed by atoms with E-state index in [1.165, 1.54) is 24.3 Å². The van der Waals surface area contributed by atoms with Crippen LogP contribution in [0, 0.1) is 17.6 Å². The van der Waals surface area contributed by atoms with Crippen LogP contribution in [0.25, 0.3) is 34.8 Å². The Balaban J connectivity index is 1.38. The van der Waals surface area contributed by atoms with Gasteiger partial charge in [0, 0.05) is 22.3 Å². The number of allylic oxidation sites excluding steroid dienone is 2. The van der Waals surface area contributed by atoms with Gasteiger partial charge in [-0.05, 0) is 104 Å². The van der Waals surface area contributed by atoms with E-state index in [1.54, 1.807) is 36.4 Å². The van der Waals surface area contributed by atoms with Gasteiger partial charge in [0.1, 0.15) is 34.7 Å². The molecule has 0 radical (unpaired) electrons. The fourth-order valence-corrected chi connectivity index (χ4v) is 4.21. The molecule has 1 aliphatic carbocycles. The zero-order chi connectivity index (χ0) is 23.7. The molecule has 1 saturated carbocycles. The molecule has 2 heterocycles. The predicted octanol–water partition coefficient (Wildman–Crippen LogP) is 7.95. The monoisotopic (exact) mass is 456 g/mol.